The zero-order chi connectivity index (χ0) is 19.0. The average molecular weight is 398 g/mol. The van der Waals surface area contributed by atoms with E-state index in [0.717, 1.165) is 17.0 Å². The molecular weight excluding hydrogens is 378 g/mol. The molecule has 1 fully saturated rings. The Kier molecular flexibility index (Phi) is 4.80. The van der Waals surface area contributed by atoms with Gasteiger partial charge >= 0.3 is 0 Å². The molecule has 138 valence electrons. The van der Waals surface area contributed by atoms with Crippen molar-refractivity contribution in [3.8, 4) is 10.6 Å². The summed E-state index contributed by atoms with van der Waals surface area (Å²) in [5.41, 5.74) is 2.11. The van der Waals surface area contributed by atoms with E-state index >= 15 is 0 Å². The SMILES string of the molecule is Cc1ccc(-c2csc(NC(=O)c3ccc(NC(=O)C4CC4C)cc3)n2)s1. The van der Waals surface area contributed by atoms with Crippen LogP contribution in [-0.2, 0) is 4.79 Å². The molecule has 0 bridgehead atoms. The summed E-state index contributed by atoms with van der Waals surface area (Å²) >= 11 is 3.08. The Morgan fingerprint density at radius 3 is 2.48 bits per heavy atom. The van der Waals surface area contributed by atoms with Crippen molar-refractivity contribution in [2.75, 3.05) is 10.6 Å². The quantitative estimate of drug-likeness (QED) is 0.634. The van der Waals surface area contributed by atoms with Gasteiger partial charge in [-0.05, 0) is 55.7 Å². The largest absolute Gasteiger partial charge is 0.326 e. The van der Waals surface area contributed by atoms with E-state index in [0.29, 0.717) is 22.3 Å². The van der Waals surface area contributed by atoms with Gasteiger partial charge in [-0.1, -0.05) is 6.92 Å². The lowest BCUT2D eigenvalue weighted by atomic mass is 10.2. The van der Waals surface area contributed by atoms with Gasteiger partial charge in [-0.2, -0.15) is 0 Å². The minimum absolute atomic E-state index is 0.0545. The van der Waals surface area contributed by atoms with E-state index in [9.17, 15) is 9.59 Å². The lowest BCUT2D eigenvalue weighted by Crippen LogP contribution is -2.15. The Bertz CT molecular complexity index is 991. The first-order chi connectivity index (χ1) is 13.0. The van der Waals surface area contributed by atoms with Gasteiger partial charge in [-0.3, -0.25) is 14.9 Å². The van der Waals surface area contributed by atoms with Crippen molar-refractivity contribution in [1.82, 2.24) is 4.98 Å². The molecule has 1 aliphatic rings. The second-order valence-electron chi connectivity index (χ2n) is 6.79. The van der Waals surface area contributed by atoms with Gasteiger partial charge < -0.3 is 5.32 Å². The van der Waals surface area contributed by atoms with Crippen LogP contribution in [0.3, 0.4) is 0 Å². The first kappa shape index (κ1) is 17.9. The van der Waals surface area contributed by atoms with Crippen LogP contribution in [0.4, 0.5) is 10.8 Å². The van der Waals surface area contributed by atoms with Crippen LogP contribution in [0.15, 0.2) is 41.8 Å². The molecule has 1 aromatic carbocycles. The summed E-state index contributed by atoms with van der Waals surface area (Å²) in [5.74, 6) is 0.432. The van der Waals surface area contributed by atoms with Gasteiger partial charge in [0.2, 0.25) is 5.91 Å². The number of hydrogen-bond acceptors (Lipinski definition) is 5. The predicted octanol–water partition coefficient (Wildman–Crippen LogP) is 5.03. The average Bonchev–Trinajstić information content (AvgIpc) is 3.02. The standard InChI is InChI=1S/C20H19N3O2S2/c1-11-9-15(11)19(25)21-14-6-4-13(5-7-14)18(24)23-20-22-16(10-26-20)17-8-3-12(2)27-17/h3-8,10-11,15H,9H2,1-2H3,(H,21,25)(H,22,23,24). The zero-order valence-corrected chi connectivity index (χ0v) is 16.6. The van der Waals surface area contributed by atoms with Gasteiger partial charge in [0.1, 0.15) is 0 Å². The van der Waals surface area contributed by atoms with Crippen LogP contribution in [0.2, 0.25) is 0 Å². The molecule has 3 aromatic rings. The number of rotatable bonds is 5. The fourth-order valence-electron chi connectivity index (χ4n) is 2.81. The summed E-state index contributed by atoms with van der Waals surface area (Å²) in [5, 5.41) is 8.24. The van der Waals surface area contributed by atoms with Gasteiger partial charge in [0.05, 0.1) is 10.6 Å². The minimum atomic E-state index is -0.216. The van der Waals surface area contributed by atoms with Gasteiger partial charge in [0, 0.05) is 27.4 Å². The number of benzene rings is 1. The van der Waals surface area contributed by atoms with E-state index in [1.165, 1.54) is 16.2 Å². The molecule has 0 aliphatic heterocycles. The van der Waals surface area contributed by atoms with Gasteiger partial charge in [-0.15, -0.1) is 22.7 Å². The Morgan fingerprint density at radius 1 is 1.11 bits per heavy atom. The van der Waals surface area contributed by atoms with Crippen LogP contribution in [0.25, 0.3) is 10.6 Å². The molecule has 7 heteroatoms. The third-order valence-corrected chi connectivity index (χ3v) is 6.36. The van der Waals surface area contributed by atoms with Crippen LogP contribution >= 0.6 is 22.7 Å². The maximum Gasteiger partial charge on any atom is 0.257 e. The lowest BCUT2D eigenvalue weighted by molar-refractivity contribution is -0.117. The van der Waals surface area contributed by atoms with Crippen molar-refractivity contribution in [1.29, 1.82) is 0 Å². The highest BCUT2D eigenvalue weighted by atomic mass is 32.1. The molecule has 5 nitrogen and oxygen atoms in total. The third-order valence-electron chi connectivity index (χ3n) is 4.58. The lowest BCUT2D eigenvalue weighted by Gasteiger charge is -2.06. The molecule has 27 heavy (non-hydrogen) atoms. The molecule has 0 radical (unpaired) electrons. The predicted molar refractivity (Wildman–Crippen MR) is 110 cm³/mol. The van der Waals surface area contributed by atoms with E-state index in [-0.39, 0.29) is 17.7 Å². The summed E-state index contributed by atoms with van der Waals surface area (Å²) in [6.07, 6.45) is 0.952. The first-order valence-electron chi connectivity index (χ1n) is 8.74. The molecule has 2 unspecified atom stereocenters. The van der Waals surface area contributed by atoms with Gasteiger partial charge in [-0.25, -0.2) is 4.98 Å². The number of anilines is 2. The maximum absolute atomic E-state index is 12.4. The summed E-state index contributed by atoms with van der Waals surface area (Å²) < 4.78 is 0. The summed E-state index contributed by atoms with van der Waals surface area (Å²) in [6, 6.07) is 11.0. The number of amides is 2. The minimum Gasteiger partial charge on any atom is -0.326 e. The number of nitrogens with one attached hydrogen (secondary N) is 2. The summed E-state index contributed by atoms with van der Waals surface area (Å²) in [7, 11) is 0. The van der Waals surface area contributed by atoms with E-state index in [4.69, 9.17) is 0 Å². The topological polar surface area (TPSA) is 71.1 Å². The smallest absolute Gasteiger partial charge is 0.257 e. The molecule has 1 aliphatic carbocycles. The molecule has 2 atom stereocenters. The van der Waals surface area contributed by atoms with E-state index in [2.05, 4.69) is 35.5 Å². The molecule has 4 rings (SSSR count). The Balaban J connectivity index is 1.38. The monoisotopic (exact) mass is 397 g/mol. The molecule has 1 saturated carbocycles. The van der Waals surface area contributed by atoms with Crippen LogP contribution in [-0.4, -0.2) is 16.8 Å². The zero-order valence-electron chi connectivity index (χ0n) is 15.0. The number of aryl methyl sites for hydroxylation is 1. The van der Waals surface area contributed by atoms with Crippen molar-refractivity contribution >= 4 is 45.3 Å². The van der Waals surface area contributed by atoms with Crippen LogP contribution in [0.1, 0.15) is 28.6 Å². The molecule has 0 saturated heterocycles. The number of aromatic nitrogens is 1. The van der Waals surface area contributed by atoms with Gasteiger partial charge in [0.25, 0.3) is 5.91 Å². The number of hydrogen-bond donors (Lipinski definition) is 2. The number of carbonyl (C=O) groups is 2. The second kappa shape index (κ2) is 7.25. The number of thiazole rings is 1. The maximum atomic E-state index is 12.4. The Labute approximate surface area is 165 Å². The summed E-state index contributed by atoms with van der Waals surface area (Å²) in [4.78, 5) is 31.2. The Hall–Kier alpha value is -2.51. The normalized spacial score (nSPS) is 18.1. The summed E-state index contributed by atoms with van der Waals surface area (Å²) in [6.45, 7) is 4.13. The van der Waals surface area contributed by atoms with Crippen molar-refractivity contribution < 1.29 is 9.59 Å². The van der Waals surface area contributed by atoms with Crippen LogP contribution in [0, 0.1) is 18.8 Å². The fraction of sp³-hybridized carbons (Fsp3) is 0.250. The van der Waals surface area contributed by atoms with Crippen LogP contribution < -0.4 is 10.6 Å². The van der Waals surface area contributed by atoms with E-state index in [1.54, 1.807) is 35.6 Å². The van der Waals surface area contributed by atoms with Crippen molar-refractivity contribution in [3.05, 3.63) is 52.2 Å². The molecule has 2 aromatic heterocycles. The van der Waals surface area contributed by atoms with Crippen molar-refractivity contribution in [2.45, 2.75) is 20.3 Å². The van der Waals surface area contributed by atoms with E-state index < -0.39 is 0 Å². The van der Waals surface area contributed by atoms with Crippen molar-refractivity contribution in [2.24, 2.45) is 11.8 Å². The highest BCUT2D eigenvalue weighted by Gasteiger charge is 2.39. The third kappa shape index (κ3) is 4.09. The fourth-order valence-corrected chi connectivity index (χ4v) is 4.42. The number of carbonyl (C=O) groups excluding carboxylic acids is 2. The Morgan fingerprint density at radius 2 is 1.85 bits per heavy atom. The number of nitrogens with zero attached hydrogens (tertiary/aromatic N) is 1. The highest BCUT2D eigenvalue weighted by Crippen LogP contribution is 2.38. The van der Waals surface area contributed by atoms with Crippen molar-refractivity contribution in [3.63, 3.8) is 0 Å². The highest BCUT2D eigenvalue weighted by molar-refractivity contribution is 7.17. The second-order valence-corrected chi connectivity index (χ2v) is 8.93. The number of thiophene rings is 1. The first-order valence-corrected chi connectivity index (χ1v) is 10.4. The van der Waals surface area contributed by atoms with Gasteiger partial charge in [0.15, 0.2) is 5.13 Å². The van der Waals surface area contributed by atoms with Crippen LogP contribution in [0.5, 0.6) is 0 Å². The molecule has 0 spiro atoms. The molecule has 2 heterocycles. The molecule has 2 amide bonds. The molecule has 2 N–H and O–H groups in total. The van der Waals surface area contributed by atoms with E-state index in [1.807, 2.05) is 11.4 Å². The molecular formula is C20H19N3O2S2.